The highest BCUT2D eigenvalue weighted by Gasteiger charge is 2.23. The van der Waals surface area contributed by atoms with Crippen molar-refractivity contribution in [1.82, 2.24) is 25.2 Å². The molecule has 1 aromatic carbocycles. The van der Waals surface area contributed by atoms with E-state index in [1.807, 2.05) is 36.7 Å². The van der Waals surface area contributed by atoms with Crippen molar-refractivity contribution in [3.63, 3.8) is 0 Å². The van der Waals surface area contributed by atoms with Crippen molar-refractivity contribution in [2.45, 2.75) is 39.3 Å². The zero-order chi connectivity index (χ0) is 18.8. The molecule has 1 saturated heterocycles. The summed E-state index contributed by atoms with van der Waals surface area (Å²) >= 11 is 0. The number of hydrogen-bond acceptors (Lipinski definition) is 6. The molecule has 0 radical (unpaired) electrons. The molecule has 1 aliphatic heterocycles. The van der Waals surface area contributed by atoms with E-state index >= 15 is 0 Å². The first-order valence-corrected chi connectivity index (χ1v) is 8.96. The van der Waals surface area contributed by atoms with Gasteiger partial charge in [0.15, 0.2) is 5.82 Å². The van der Waals surface area contributed by atoms with Crippen LogP contribution in [0, 0.1) is 13.8 Å². The highest BCUT2D eigenvalue weighted by atomic mass is 16.5. The maximum absolute atomic E-state index is 12.4. The molecule has 0 saturated carbocycles. The summed E-state index contributed by atoms with van der Waals surface area (Å²) in [6.07, 6.45) is 1.76. The maximum Gasteiger partial charge on any atom is 0.255 e. The van der Waals surface area contributed by atoms with Crippen LogP contribution in [0.1, 0.15) is 52.4 Å². The van der Waals surface area contributed by atoms with Crippen LogP contribution in [0.25, 0.3) is 5.69 Å². The molecule has 2 aromatic heterocycles. The number of benzene rings is 1. The summed E-state index contributed by atoms with van der Waals surface area (Å²) < 4.78 is 12.6. The number of rotatable bonds is 5. The van der Waals surface area contributed by atoms with Crippen LogP contribution in [0.15, 0.2) is 34.9 Å². The summed E-state index contributed by atoms with van der Waals surface area (Å²) in [5.74, 6) is 0.720. The molecule has 3 aromatic rings. The van der Waals surface area contributed by atoms with E-state index in [9.17, 15) is 4.79 Å². The van der Waals surface area contributed by atoms with Gasteiger partial charge in [0.2, 0.25) is 0 Å². The van der Waals surface area contributed by atoms with E-state index in [4.69, 9.17) is 9.26 Å². The van der Waals surface area contributed by atoms with Crippen molar-refractivity contribution in [3.05, 3.63) is 59.0 Å². The Hall–Kier alpha value is -3.00. The van der Waals surface area contributed by atoms with Crippen LogP contribution < -0.4 is 5.32 Å². The fourth-order valence-corrected chi connectivity index (χ4v) is 3.15. The van der Waals surface area contributed by atoms with E-state index < -0.39 is 0 Å². The lowest BCUT2D eigenvalue weighted by Crippen LogP contribution is -2.23. The van der Waals surface area contributed by atoms with Crippen molar-refractivity contribution in [1.29, 1.82) is 0 Å². The molecule has 8 nitrogen and oxygen atoms in total. The normalized spacial score (nSPS) is 16.6. The molecular weight excluding hydrogens is 346 g/mol. The fourth-order valence-electron chi connectivity index (χ4n) is 3.15. The molecule has 1 unspecified atom stereocenters. The van der Waals surface area contributed by atoms with Crippen molar-refractivity contribution < 1.29 is 14.1 Å². The lowest BCUT2D eigenvalue weighted by Gasteiger charge is -2.06. The fraction of sp³-hybridized carbons (Fsp3) is 0.368. The largest absolute Gasteiger partial charge is 0.368 e. The molecule has 1 atom stereocenters. The number of nitrogens with zero attached hydrogens (tertiary/aromatic N) is 4. The number of amides is 1. The minimum absolute atomic E-state index is 0.121. The van der Waals surface area contributed by atoms with E-state index in [0.717, 1.165) is 29.9 Å². The smallest absolute Gasteiger partial charge is 0.255 e. The zero-order valence-corrected chi connectivity index (χ0v) is 15.3. The molecule has 0 bridgehead atoms. The Kier molecular flexibility index (Phi) is 4.72. The van der Waals surface area contributed by atoms with E-state index in [1.165, 1.54) is 0 Å². The summed E-state index contributed by atoms with van der Waals surface area (Å²) in [7, 11) is 0. The quantitative estimate of drug-likeness (QED) is 0.745. The van der Waals surface area contributed by atoms with Crippen LogP contribution in [0.3, 0.4) is 0 Å². The lowest BCUT2D eigenvalue weighted by molar-refractivity contribution is 0.0835. The number of hydrogen-bond donors (Lipinski definition) is 1. The molecule has 1 aliphatic rings. The van der Waals surface area contributed by atoms with Crippen LogP contribution in [-0.4, -0.2) is 32.4 Å². The van der Waals surface area contributed by atoms with Gasteiger partial charge in [0.1, 0.15) is 6.10 Å². The van der Waals surface area contributed by atoms with Gasteiger partial charge in [0.05, 0.1) is 17.9 Å². The summed E-state index contributed by atoms with van der Waals surface area (Å²) in [5, 5.41) is 11.2. The predicted octanol–water partition coefficient (Wildman–Crippen LogP) is 2.65. The molecule has 0 aliphatic carbocycles. The third kappa shape index (κ3) is 3.75. The van der Waals surface area contributed by atoms with Gasteiger partial charge < -0.3 is 14.6 Å². The molecule has 27 heavy (non-hydrogen) atoms. The highest BCUT2D eigenvalue weighted by Crippen LogP contribution is 2.26. The number of carbonyl (C=O) groups is 1. The number of nitrogens with one attached hydrogen (secondary N) is 1. The predicted molar refractivity (Wildman–Crippen MR) is 96.4 cm³/mol. The van der Waals surface area contributed by atoms with Crippen LogP contribution in [0.4, 0.5) is 0 Å². The van der Waals surface area contributed by atoms with Crippen LogP contribution >= 0.6 is 0 Å². The molecule has 1 amide bonds. The monoisotopic (exact) mass is 367 g/mol. The van der Waals surface area contributed by atoms with Gasteiger partial charge in [-0.15, -0.1) is 0 Å². The van der Waals surface area contributed by atoms with Gasteiger partial charge in [-0.3, -0.25) is 4.79 Å². The van der Waals surface area contributed by atoms with E-state index in [0.29, 0.717) is 23.9 Å². The van der Waals surface area contributed by atoms with Crippen LogP contribution in [-0.2, 0) is 11.3 Å². The minimum atomic E-state index is -0.196. The Morgan fingerprint density at radius 3 is 2.78 bits per heavy atom. The van der Waals surface area contributed by atoms with Gasteiger partial charge in [0, 0.05) is 17.9 Å². The first-order chi connectivity index (χ1) is 13.1. The van der Waals surface area contributed by atoms with Gasteiger partial charge in [-0.1, -0.05) is 5.16 Å². The number of carbonyl (C=O) groups excluding carboxylic acids is 1. The first kappa shape index (κ1) is 17.4. The number of aryl methyl sites for hydroxylation is 2. The van der Waals surface area contributed by atoms with E-state index in [1.54, 1.807) is 12.1 Å². The second kappa shape index (κ2) is 7.32. The summed E-state index contributed by atoms with van der Waals surface area (Å²) in [6.45, 7) is 4.87. The average molecular weight is 367 g/mol. The lowest BCUT2D eigenvalue weighted by atomic mass is 10.2. The Bertz CT molecular complexity index is 939. The van der Waals surface area contributed by atoms with Gasteiger partial charge >= 0.3 is 0 Å². The number of ether oxygens (including phenoxy) is 1. The second-order valence-corrected chi connectivity index (χ2v) is 6.62. The van der Waals surface area contributed by atoms with E-state index in [-0.39, 0.29) is 18.6 Å². The van der Waals surface area contributed by atoms with Crippen molar-refractivity contribution >= 4 is 5.91 Å². The SMILES string of the molecule is Cc1cc(C)n(-c2ccc(C(=O)NCc3noc(C4CCCO4)n3)cc2)n1. The van der Waals surface area contributed by atoms with Crippen LogP contribution in [0.5, 0.6) is 0 Å². The van der Waals surface area contributed by atoms with Crippen molar-refractivity contribution in [2.24, 2.45) is 0 Å². The molecule has 3 heterocycles. The molecule has 4 rings (SSSR count). The summed E-state index contributed by atoms with van der Waals surface area (Å²) in [5.41, 5.74) is 3.47. The van der Waals surface area contributed by atoms with Crippen LogP contribution in [0.2, 0.25) is 0 Å². The molecule has 1 fully saturated rings. The Balaban J connectivity index is 1.37. The third-order valence-electron chi connectivity index (χ3n) is 4.48. The summed E-state index contributed by atoms with van der Waals surface area (Å²) in [6, 6.07) is 9.30. The third-order valence-corrected chi connectivity index (χ3v) is 4.48. The average Bonchev–Trinajstić information content (AvgIpc) is 3.40. The van der Waals surface area contributed by atoms with Crippen molar-refractivity contribution in [2.75, 3.05) is 6.61 Å². The molecule has 1 N–H and O–H groups in total. The second-order valence-electron chi connectivity index (χ2n) is 6.62. The topological polar surface area (TPSA) is 95.1 Å². The first-order valence-electron chi connectivity index (χ1n) is 8.96. The zero-order valence-electron chi connectivity index (χ0n) is 15.3. The van der Waals surface area contributed by atoms with Gasteiger partial charge in [-0.25, -0.2) is 4.68 Å². The molecule has 8 heteroatoms. The van der Waals surface area contributed by atoms with Gasteiger partial charge in [0.25, 0.3) is 11.8 Å². The molecule has 140 valence electrons. The standard InChI is InChI=1S/C19H21N5O3/c1-12-10-13(2)24(22-12)15-7-5-14(6-8-15)18(25)20-11-17-21-19(27-23-17)16-4-3-9-26-16/h5-8,10,16H,3-4,9,11H2,1-2H3,(H,20,25). The Morgan fingerprint density at radius 1 is 1.30 bits per heavy atom. The molecular formula is C19H21N5O3. The highest BCUT2D eigenvalue weighted by molar-refractivity contribution is 5.94. The van der Waals surface area contributed by atoms with Gasteiger partial charge in [-0.2, -0.15) is 10.1 Å². The van der Waals surface area contributed by atoms with Crippen molar-refractivity contribution in [3.8, 4) is 5.69 Å². The Labute approximate surface area is 156 Å². The summed E-state index contributed by atoms with van der Waals surface area (Å²) in [4.78, 5) is 16.7. The number of aromatic nitrogens is 4. The maximum atomic E-state index is 12.4. The molecule has 0 spiro atoms. The van der Waals surface area contributed by atoms with Gasteiger partial charge in [-0.05, 0) is 57.0 Å². The Morgan fingerprint density at radius 2 is 2.11 bits per heavy atom. The minimum Gasteiger partial charge on any atom is -0.368 e. The van der Waals surface area contributed by atoms with E-state index in [2.05, 4.69) is 20.6 Å².